The summed E-state index contributed by atoms with van der Waals surface area (Å²) in [5.74, 6) is -0.339. The molecule has 0 atom stereocenters. The van der Waals surface area contributed by atoms with E-state index >= 15 is 0 Å². The third-order valence-corrected chi connectivity index (χ3v) is 2.61. The number of ether oxygens (including phenoxy) is 1. The first-order valence-corrected chi connectivity index (χ1v) is 6.36. The summed E-state index contributed by atoms with van der Waals surface area (Å²) in [5, 5.41) is 5.68. The number of carbonyl (C=O) groups is 2. The van der Waals surface area contributed by atoms with Gasteiger partial charge in [0.15, 0.2) is 0 Å². The number of benzene rings is 1. The van der Waals surface area contributed by atoms with Crippen molar-refractivity contribution in [3.63, 3.8) is 0 Å². The number of anilines is 1. The molecule has 0 aliphatic rings. The lowest BCUT2D eigenvalue weighted by Crippen LogP contribution is -2.31. The Morgan fingerprint density at radius 3 is 2.60 bits per heavy atom. The summed E-state index contributed by atoms with van der Waals surface area (Å²) in [6.07, 6.45) is 0. The minimum Gasteiger partial charge on any atom is -0.383 e. The standard InChI is InChI=1S/C14H21N3O3/c1-17(2)14(19)11-6-4-5-7-12(11)16-13(18)10-15-8-9-20-3/h4-7,15H,8-10H2,1-3H3,(H,16,18). The van der Waals surface area contributed by atoms with Crippen LogP contribution in [0.5, 0.6) is 0 Å². The molecule has 0 saturated carbocycles. The summed E-state index contributed by atoms with van der Waals surface area (Å²) in [5.41, 5.74) is 0.993. The molecule has 1 aromatic carbocycles. The van der Waals surface area contributed by atoms with Gasteiger partial charge in [-0.05, 0) is 12.1 Å². The molecule has 0 aliphatic heterocycles. The van der Waals surface area contributed by atoms with Gasteiger partial charge in [-0.15, -0.1) is 0 Å². The van der Waals surface area contributed by atoms with E-state index in [1.165, 1.54) is 4.90 Å². The van der Waals surface area contributed by atoms with Crippen molar-refractivity contribution in [3.05, 3.63) is 29.8 Å². The van der Waals surface area contributed by atoms with E-state index in [9.17, 15) is 9.59 Å². The summed E-state index contributed by atoms with van der Waals surface area (Å²) in [6, 6.07) is 6.95. The fraction of sp³-hybridized carbons (Fsp3) is 0.429. The number of amides is 2. The van der Waals surface area contributed by atoms with Gasteiger partial charge in [0, 0.05) is 27.7 Å². The van der Waals surface area contributed by atoms with Crippen molar-refractivity contribution in [2.24, 2.45) is 0 Å². The molecule has 20 heavy (non-hydrogen) atoms. The smallest absolute Gasteiger partial charge is 0.255 e. The molecule has 1 rings (SSSR count). The van der Waals surface area contributed by atoms with Gasteiger partial charge < -0.3 is 20.3 Å². The highest BCUT2D eigenvalue weighted by atomic mass is 16.5. The Hall–Kier alpha value is -1.92. The van der Waals surface area contributed by atoms with E-state index in [2.05, 4.69) is 10.6 Å². The molecule has 6 heteroatoms. The highest BCUT2D eigenvalue weighted by Crippen LogP contribution is 2.16. The van der Waals surface area contributed by atoms with Gasteiger partial charge in [0.2, 0.25) is 5.91 Å². The number of nitrogens with one attached hydrogen (secondary N) is 2. The number of hydrogen-bond donors (Lipinski definition) is 2. The molecule has 0 radical (unpaired) electrons. The molecule has 0 saturated heterocycles. The van der Waals surface area contributed by atoms with Gasteiger partial charge in [-0.1, -0.05) is 12.1 Å². The van der Waals surface area contributed by atoms with Gasteiger partial charge in [0.1, 0.15) is 0 Å². The van der Waals surface area contributed by atoms with E-state index in [0.717, 1.165) is 0 Å². The summed E-state index contributed by atoms with van der Waals surface area (Å²) >= 11 is 0. The molecule has 2 N–H and O–H groups in total. The quantitative estimate of drug-likeness (QED) is 0.716. The molecule has 0 aromatic heterocycles. The maximum Gasteiger partial charge on any atom is 0.255 e. The van der Waals surface area contributed by atoms with E-state index < -0.39 is 0 Å². The van der Waals surface area contributed by atoms with Crippen LogP contribution in [0.15, 0.2) is 24.3 Å². The lowest BCUT2D eigenvalue weighted by molar-refractivity contribution is -0.115. The summed E-state index contributed by atoms with van der Waals surface area (Å²) in [6.45, 7) is 1.32. The van der Waals surface area contributed by atoms with E-state index in [4.69, 9.17) is 4.74 Å². The second-order valence-electron chi connectivity index (χ2n) is 4.46. The minimum absolute atomic E-state index is 0.145. The number of nitrogens with zero attached hydrogens (tertiary/aromatic N) is 1. The van der Waals surface area contributed by atoms with Crippen LogP contribution in [-0.2, 0) is 9.53 Å². The molecule has 0 spiro atoms. The Kier molecular flexibility index (Phi) is 6.69. The number of carbonyl (C=O) groups excluding carboxylic acids is 2. The molecule has 6 nitrogen and oxygen atoms in total. The average molecular weight is 279 g/mol. The molecule has 2 amide bonds. The predicted octanol–water partition coefficient (Wildman–Crippen LogP) is 0.563. The van der Waals surface area contributed by atoms with Crippen LogP contribution < -0.4 is 10.6 Å². The fourth-order valence-electron chi connectivity index (χ4n) is 1.59. The van der Waals surface area contributed by atoms with E-state index in [-0.39, 0.29) is 18.4 Å². The van der Waals surface area contributed by atoms with Gasteiger partial charge in [-0.3, -0.25) is 9.59 Å². The largest absolute Gasteiger partial charge is 0.383 e. The topological polar surface area (TPSA) is 70.7 Å². The molecule has 1 aromatic rings. The molecule has 0 aliphatic carbocycles. The molecular weight excluding hydrogens is 258 g/mol. The molecule has 0 heterocycles. The highest BCUT2D eigenvalue weighted by molar-refractivity contribution is 6.03. The predicted molar refractivity (Wildman–Crippen MR) is 77.8 cm³/mol. The van der Waals surface area contributed by atoms with E-state index in [0.29, 0.717) is 24.4 Å². The summed E-state index contributed by atoms with van der Waals surface area (Å²) < 4.78 is 4.87. The zero-order valence-corrected chi connectivity index (χ0v) is 12.1. The van der Waals surface area contributed by atoms with Crippen molar-refractivity contribution in [1.82, 2.24) is 10.2 Å². The van der Waals surface area contributed by atoms with Crippen LogP contribution in [-0.4, -0.2) is 57.6 Å². The Morgan fingerprint density at radius 1 is 1.25 bits per heavy atom. The molecular formula is C14H21N3O3. The van der Waals surface area contributed by atoms with Crippen LogP contribution >= 0.6 is 0 Å². The third-order valence-electron chi connectivity index (χ3n) is 2.61. The van der Waals surface area contributed by atoms with Gasteiger partial charge in [-0.25, -0.2) is 0 Å². The van der Waals surface area contributed by atoms with Gasteiger partial charge in [-0.2, -0.15) is 0 Å². The van der Waals surface area contributed by atoms with Gasteiger partial charge in [0.05, 0.1) is 24.4 Å². The normalized spacial score (nSPS) is 10.2. The maximum atomic E-state index is 12.0. The zero-order valence-electron chi connectivity index (χ0n) is 12.1. The highest BCUT2D eigenvalue weighted by Gasteiger charge is 2.14. The number of methoxy groups -OCH3 is 1. The Balaban J connectivity index is 2.63. The van der Waals surface area contributed by atoms with Crippen molar-refractivity contribution < 1.29 is 14.3 Å². The molecule has 110 valence electrons. The van der Waals surface area contributed by atoms with Gasteiger partial charge >= 0.3 is 0 Å². The number of hydrogen-bond acceptors (Lipinski definition) is 4. The molecule has 0 fully saturated rings. The van der Waals surface area contributed by atoms with Crippen LogP contribution in [0.3, 0.4) is 0 Å². The lowest BCUT2D eigenvalue weighted by Gasteiger charge is -2.14. The first kappa shape index (κ1) is 16.1. The van der Waals surface area contributed by atoms with Crippen LogP contribution in [0.4, 0.5) is 5.69 Å². The average Bonchev–Trinajstić information content (AvgIpc) is 2.43. The van der Waals surface area contributed by atoms with Crippen LogP contribution in [0.25, 0.3) is 0 Å². The Bertz CT molecular complexity index is 461. The van der Waals surface area contributed by atoms with Crippen LogP contribution in [0.1, 0.15) is 10.4 Å². The number of para-hydroxylation sites is 1. The summed E-state index contributed by atoms with van der Waals surface area (Å²) in [7, 11) is 4.95. The van der Waals surface area contributed by atoms with Crippen molar-refractivity contribution in [3.8, 4) is 0 Å². The Morgan fingerprint density at radius 2 is 1.95 bits per heavy atom. The van der Waals surface area contributed by atoms with Crippen molar-refractivity contribution >= 4 is 17.5 Å². The molecule has 0 unspecified atom stereocenters. The zero-order chi connectivity index (χ0) is 15.0. The van der Waals surface area contributed by atoms with Crippen molar-refractivity contribution in [2.75, 3.05) is 46.2 Å². The third kappa shape index (κ3) is 4.99. The van der Waals surface area contributed by atoms with E-state index in [1.54, 1.807) is 45.5 Å². The van der Waals surface area contributed by atoms with Gasteiger partial charge in [0.25, 0.3) is 5.91 Å². The number of rotatable bonds is 7. The minimum atomic E-state index is -0.194. The molecule has 0 bridgehead atoms. The second kappa shape index (κ2) is 8.29. The Labute approximate surface area is 119 Å². The van der Waals surface area contributed by atoms with Crippen LogP contribution in [0.2, 0.25) is 0 Å². The van der Waals surface area contributed by atoms with E-state index in [1.807, 2.05) is 0 Å². The van der Waals surface area contributed by atoms with Crippen molar-refractivity contribution in [2.45, 2.75) is 0 Å². The second-order valence-corrected chi connectivity index (χ2v) is 4.46. The lowest BCUT2D eigenvalue weighted by atomic mass is 10.1. The monoisotopic (exact) mass is 279 g/mol. The summed E-state index contributed by atoms with van der Waals surface area (Å²) in [4.78, 5) is 25.2. The fourth-order valence-corrected chi connectivity index (χ4v) is 1.59. The van der Waals surface area contributed by atoms with Crippen LogP contribution in [0, 0.1) is 0 Å². The first-order valence-electron chi connectivity index (χ1n) is 6.36. The maximum absolute atomic E-state index is 12.0. The SMILES string of the molecule is COCCNCC(=O)Nc1ccccc1C(=O)N(C)C. The first-order chi connectivity index (χ1) is 9.56. The van der Waals surface area contributed by atoms with Crippen molar-refractivity contribution in [1.29, 1.82) is 0 Å².